The number of rotatable bonds is 4. The number of halogens is 2. The van der Waals surface area contributed by atoms with Gasteiger partial charge in [0.25, 0.3) is 0 Å². The van der Waals surface area contributed by atoms with Gasteiger partial charge in [-0.3, -0.25) is 0 Å². The highest BCUT2D eigenvalue weighted by molar-refractivity contribution is 6.17. The zero-order valence-electron chi connectivity index (χ0n) is 10.9. The molecule has 2 nitrogen and oxygen atoms in total. The first kappa shape index (κ1) is 13.7. The van der Waals surface area contributed by atoms with Crippen LogP contribution in [0.2, 0.25) is 0 Å². The Hall–Kier alpha value is -1.74. The molecule has 0 radical (unpaired) electrons. The molecule has 19 heavy (non-hydrogen) atoms. The van der Waals surface area contributed by atoms with E-state index in [0.717, 1.165) is 5.69 Å². The van der Waals surface area contributed by atoms with Crippen LogP contribution in [0, 0.1) is 5.82 Å². The van der Waals surface area contributed by atoms with Crippen molar-refractivity contribution in [1.29, 1.82) is 0 Å². The van der Waals surface area contributed by atoms with Crippen molar-refractivity contribution in [3.05, 3.63) is 53.8 Å². The number of nitrogens with zero attached hydrogens (tertiary/aromatic N) is 1. The fourth-order valence-corrected chi connectivity index (χ4v) is 1.91. The highest BCUT2D eigenvalue weighted by Crippen LogP contribution is 2.29. The topological polar surface area (TPSA) is 12.5 Å². The third-order valence-corrected chi connectivity index (χ3v) is 3.02. The Bertz CT molecular complexity index is 572. The molecule has 2 aromatic rings. The van der Waals surface area contributed by atoms with E-state index < -0.39 is 0 Å². The molecule has 100 valence electrons. The van der Waals surface area contributed by atoms with E-state index >= 15 is 0 Å². The largest absolute Gasteiger partial charge is 0.457 e. The molecule has 0 aliphatic heterocycles. The van der Waals surface area contributed by atoms with Crippen LogP contribution in [-0.4, -0.2) is 14.1 Å². The Morgan fingerprint density at radius 3 is 2.63 bits per heavy atom. The fraction of sp³-hybridized carbons (Fsp3) is 0.200. The van der Waals surface area contributed by atoms with Crippen LogP contribution < -0.4 is 9.64 Å². The van der Waals surface area contributed by atoms with Gasteiger partial charge in [-0.1, -0.05) is 6.07 Å². The van der Waals surface area contributed by atoms with Crippen molar-refractivity contribution >= 4 is 17.3 Å². The van der Waals surface area contributed by atoms with Gasteiger partial charge < -0.3 is 9.64 Å². The molecule has 0 heterocycles. The summed E-state index contributed by atoms with van der Waals surface area (Å²) in [4.78, 5) is 1.99. The highest BCUT2D eigenvalue weighted by atomic mass is 35.5. The summed E-state index contributed by atoms with van der Waals surface area (Å²) >= 11 is 5.80. The first-order valence-electron chi connectivity index (χ1n) is 5.90. The van der Waals surface area contributed by atoms with Crippen molar-refractivity contribution in [2.75, 3.05) is 19.0 Å². The van der Waals surface area contributed by atoms with Crippen molar-refractivity contribution in [2.24, 2.45) is 0 Å². The summed E-state index contributed by atoms with van der Waals surface area (Å²) in [5, 5.41) is 0. The lowest BCUT2D eigenvalue weighted by Gasteiger charge is -2.15. The lowest BCUT2D eigenvalue weighted by Crippen LogP contribution is -2.08. The van der Waals surface area contributed by atoms with Crippen LogP contribution in [-0.2, 0) is 5.88 Å². The fourth-order valence-electron chi connectivity index (χ4n) is 1.70. The van der Waals surface area contributed by atoms with Gasteiger partial charge in [0.05, 0.1) is 5.88 Å². The second-order valence-electron chi connectivity index (χ2n) is 4.38. The molecule has 0 aliphatic rings. The Balaban J connectivity index is 2.28. The van der Waals surface area contributed by atoms with Crippen LogP contribution in [0.15, 0.2) is 42.5 Å². The van der Waals surface area contributed by atoms with Gasteiger partial charge in [-0.15, -0.1) is 11.6 Å². The smallest absolute Gasteiger partial charge is 0.132 e. The number of anilines is 1. The minimum atomic E-state index is -0.315. The van der Waals surface area contributed by atoms with Crippen molar-refractivity contribution in [1.82, 2.24) is 0 Å². The lowest BCUT2D eigenvalue weighted by atomic mass is 10.2. The minimum Gasteiger partial charge on any atom is -0.457 e. The molecule has 0 bridgehead atoms. The van der Waals surface area contributed by atoms with Crippen LogP contribution in [0.5, 0.6) is 11.5 Å². The second-order valence-corrected chi connectivity index (χ2v) is 4.65. The normalized spacial score (nSPS) is 10.3. The zero-order chi connectivity index (χ0) is 13.8. The molecule has 0 unspecified atom stereocenters. The van der Waals surface area contributed by atoms with Crippen LogP contribution in [0.25, 0.3) is 0 Å². The monoisotopic (exact) mass is 279 g/mol. The molecule has 0 spiro atoms. The van der Waals surface area contributed by atoms with E-state index in [2.05, 4.69) is 0 Å². The van der Waals surface area contributed by atoms with Gasteiger partial charge in [0.1, 0.15) is 17.3 Å². The molecule has 0 aliphatic carbocycles. The molecule has 0 atom stereocenters. The number of hydrogen-bond acceptors (Lipinski definition) is 2. The van der Waals surface area contributed by atoms with Crippen LogP contribution in [0.4, 0.5) is 10.1 Å². The predicted molar refractivity (Wildman–Crippen MR) is 76.8 cm³/mol. The zero-order valence-corrected chi connectivity index (χ0v) is 11.6. The highest BCUT2D eigenvalue weighted by Gasteiger charge is 2.06. The third kappa shape index (κ3) is 3.38. The number of alkyl halides is 1. The van der Waals surface area contributed by atoms with Crippen LogP contribution >= 0.6 is 11.6 Å². The number of benzene rings is 2. The molecule has 0 aromatic heterocycles. The van der Waals surface area contributed by atoms with Gasteiger partial charge in [0.15, 0.2) is 0 Å². The SMILES string of the molecule is CN(C)c1cccc(Oc2ccc(F)cc2CCl)c1. The van der Waals surface area contributed by atoms with E-state index in [1.54, 1.807) is 6.07 Å². The standard InChI is InChI=1S/C15H15ClFNO/c1-18(2)13-4-3-5-14(9-13)19-15-7-6-12(17)8-11(15)10-16/h3-9H,10H2,1-2H3. The molecule has 0 fully saturated rings. The van der Waals surface area contributed by atoms with E-state index in [9.17, 15) is 4.39 Å². The molecular formula is C15H15ClFNO. The lowest BCUT2D eigenvalue weighted by molar-refractivity contribution is 0.476. The van der Waals surface area contributed by atoms with E-state index in [1.165, 1.54) is 12.1 Å². The van der Waals surface area contributed by atoms with E-state index in [-0.39, 0.29) is 11.7 Å². The summed E-state index contributed by atoms with van der Waals surface area (Å²) in [6.07, 6.45) is 0. The predicted octanol–water partition coefficient (Wildman–Crippen LogP) is 4.42. The molecule has 2 rings (SSSR count). The van der Waals surface area contributed by atoms with Crippen molar-refractivity contribution < 1.29 is 9.13 Å². The number of ether oxygens (including phenoxy) is 1. The van der Waals surface area contributed by atoms with E-state index in [0.29, 0.717) is 17.1 Å². The average Bonchev–Trinajstić information content (AvgIpc) is 2.41. The number of hydrogen-bond donors (Lipinski definition) is 0. The minimum absolute atomic E-state index is 0.209. The molecule has 0 saturated heterocycles. The van der Waals surface area contributed by atoms with Gasteiger partial charge >= 0.3 is 0 Å². The molecule has 4 heteroatoms. The Kier molecular flexibility index (Phi) is 4.27. The first-order chi connectivity index (χ1) is 9.10. The molecule has 2 aromatic carbocycles. The van der Waals surface area contributed by atoms with Gasteiger partial charge in [-0.25, -0.2) is 4.39 Å². The second kappa shape index (κ2) is 5.93. The van der Waals surface area contributed by atoms with E-state index in [1.807, 2.05) is 43.3 Å². The first-order valence-corrected chi connectivity index (χ1v) is 6.43. The average molecular weight is 280 g/mol. The summed E-state index contributed by atoms with van der Waals surface area (Å²) in [6.45, 7) is 0. The van der Waals surface area contributed by atoms with Crippen LogP contribution in [0.3, 0.4) is 0 Å². The van der Waals surface area contributed by atoms with Gasteiger partial charge in [0, 0.05) is 31.4 Å². The van der Waals surface area contributed by atoms with Gasteiger partial charge in [-0.2, -0.15) is 0 Å². The maximum atomic E-state index is 13.1. The maximum absolute atomic E-state index is 13.1. The van der Waals surface area contributed by atoms with Crippen LogP contribution in [0.1, 0.15) is 5.56 Å². The summed E-state index contributed by atoms with van der Waals surface area (Å²) in [5.74, 6) is 1.17. The Morgan fingerprint density at radius 1 is 1.16 bits per heavy atom. The summed E-state index contributed by atoms with van der Waals surface area (Å²) in [5.41, 5.74) is 1.67. The van der Waals surface area contributed by atoms with Gasteiger partial charge in [-0.05, 0) is 30.3 Å². The summed E-state index contributed by atoms with van der Waals surface area (Å²) in [7, 11) is 3.92. The quantitative estimate of drug-likeness (QED) is 0.768. The molecular weight excluding hydrogens is 265 g/mol. The van der Waals surface area contributed by atoms with Gasteiger partial charge in [0.2, 0.25) is 0 Å². The maximum Gasteiger partial charge on any atom is 0.132 e. The Morgan fingerprint density at radius 2 is 1.95 bits per heavy atom. The molecule has 0 N–H and O–H groups in total. The third-order valence-electron chi connectivity index (χ3n) is 2.73. The van der Waals surface area contributed by atoms with Crippen molar-refractivity contribution in [2.45, 2.75) is 5.88 Å². The molecule has 0 amide bonds. The Labute approximate surface area is 117 Å². The summed E-state index contributed by atoms with van der Waals surface area (Å²) < 4.78 is 18.9. The molecule has 0 saturated carbocycles. The van der Waals surface area contributed by atoms with Crippen molar-refractivity contribution in [3.63, 3.8) is 0 Å². The van der Waals surface area contributed by atoms with E-state index in [4.69, 9.17) is 16.3 Å². The van der Waals surface area contributed by atoms with Crippen molar-refractivity contribution in [3.8, 4) is 11.5 Å². The summed E-state index contributed by atoms with van der Waals surface area (Å²) in [6, 6.07) is 12.0.